The van der Waals surface area contributed by atoms with Gasteiger partial charge in [-0.1, -0.05) is 0 Å². The SMILES string of the molecule is Nc1cc(Nc2cc(F)cc(F)c2)nc(C2CC2)n1. The lowest BCUT2D eigenvalue weighted by Gasteiger charge is -2.08. The van der Waals surface area contributed by atoms with Crippen molar-refractivity contribution in [3.8, 4) is 0 Å². The molecule has 2 aromatic rings. The lowest BCUT2D eigenvalue weighted by molar-refractivity contribution is 0.584. The maximum Gasteiger partial charge on any atom is 0.136 e. The van der Waals surface area contributed by atoms with E-state index in [0.717, 1.165) is 18.9 Å². The second kappa shape index (κ2) is 4.46. The van der Waals surface area contributed by atoms with Crippen molar-refractivity contribution in [3.05, 3.63) is 41.7 Å². The molecule has 0 saturated heterocycles. The number of hydrogen-bond acceptors (Lipinski definition) is 4. The van der Waals surface area contributed by atoms with Gasteiger partial charge in [0, 0.05) is 23.7 Å². The van der Waals surface area contributed by atoms with Crippen LogP contribution < -0.4 is 11.1 Å². The van der Waals surface area contributed by atoms with E-state index < -0.39 is 11.6 Å². The van der Waals surface area contributed by atoms with Crippen LogP contribution in [0.5, 0.6) is 0 Å². The molecule has 0 amide bonds. The fourth-order valence-corrected chi connectivity index (χ4v) is 1.85. The van der Waals surface area contributed by atoms with Crippen molar-refractivity contribution in [1.82, 2.24) is 9.97 Å². The molecule has 4 nitrogen and oxygen atoms in total. The van der Waals surface area contributed by atoms with Gasteiger partial charge in [-0.15, -0.1) is 0 Å². The van der Waals surface area contributed by atoms with Crippen LogP contribution in [0.2, 0.25) is 0 Å². The third-order valence-electron chi connectivity index (χ3n) is 2.84. The van der Waals surface area contributed by atoms with Gasteiger partial charge in [0.2, 0.25) is 0 Å². The Morgan fingerprint density at radius 1 is 1.05 bits per heavy atom. The standard InChI is InChI=1S/C13H12F2N4/c14-8-3-9(15)5-10(4-8)17-12-6-11(16)18-13(19-12)7-1-2-7/h3-7H,1-2H2,(H3,16,17,18,19). The van der Waals surface area contributed by atoms with Gasteiger partial charge in [0.15, 0.2) is 0 Å². The summed E-state index contributed by atoms with van der Waals surface area (Å²) in [6.07, 6.45) is 2.11. The first-order chi connectivity index (χ1) is 9.10. The van der Waals surface area contributed by atoms with Crippen LogP contribution in [0.1, 0.15) is 24.6 Å². The van der Waals surface area contributed by atoms with Crippen LogP contribution in [0.15, 0.2) is 24.3 Å². The molecule has 1 heterocycles. The number of anilines is 3. The molecule has 0 atom stereocenters. The summed E-state index contributed by atoms with van der Waals surface area (Å²) < 4.78 is 26.2. The van der Waals surface area contributed by atoms with Gasteiger partial charge in [0.25, 0.3) is 0 Å². The molecule has 1 aliphatic carbocycles. The number of nitrogens with two attached hydrogens (primary N) is 1. The highest BCUT2D eigenvalue weighted by Gasteiger charge is 2.27. The number of hydrogen-bond donors (Lipinski definition) is 2. The molecule has 19 heavy (non-hydrogen) atoms. The Morgan fingerprint density at radius 2 is 1.74 bits per heavy atom. The molecule has 3 N–H and O–H groups in total. The summed E-state index contributed by atoms with van der Waals surface area (Å²) in [6.45, 7) is 0. The van der Waals surface area contributed by atoms with Crippen molar-refractivity contribution < 1.29 is 8.78 Å². The zero-order valence-corrected chi connectivity index (χ0v) is 10.0. The Kier molecular flexibility index (Phi) is 2.77. The Balaban J connectivity index is 1.89. The topological polar surface area (TPSA) is 63.8 Å². The van der Waals surface area contributed by atoms with Gasteiger partial charge in [-0.05, 0) is 25.0 Å². The van der Waals surface area contributed by atoms with Crippen molar-refractivity contribution in [2.24, 2.45) is 0 Å². The summed E-state index contributed by atoms with van der Waals surface area (Å²) in [5.74, 6) is 0.530. The van der Waals surface area contributed by atoms with Crippen molar-refractivity contribution in [2.75, 3.05) is 11.1 Å². The number of nitrogens with zero attached hydrogens (tertiary/aromatic N) is 2. The Hall–Kier alpha value is -2.24. The van der Waals surface area contributed by atoms with Gasteiger partial charge < -0.3 is 11.1 Å². The zero-order valence-electron chi connectivity index (χ0n) is 10.0. The van der Waals surface area contributed by atoms with Crippen LogP contribution in [0.25, 0.3) is 0 Å². The highest BCUT2D eigenvalue weighted by molar-refractivity contribution is 5.58. The van der Waals surface area contributed by atoms with Gasteiger partial charge in [0.05, 0.1) is 0 Å². The molecule has 1 fully saturated rings. The van der Waals surface area contributed by atoms with Crippen LogP contribution in [-0.4, -0.2) is 9.97 Å². The first-order valence-electron chi connectivity index (χ1n) is 5.98. The van der Waals surface area contributed by atoms with Crippen LogP contribution in [-0.2, 0) is 0 Å². The molecule has 6 heteroatoms. The molecule has 0 spiro atoms. The van der Waals surface area contributed by atoms with E-state index in [9.17, 15) is 8.78 Å². The van der Waals surface area contributed by atoms with Crippen molar-refractivity contribution in [3.63, 3.8) is 0 Å². The van der Waals surface area contributed by atoms with Crippen molar-refractivity contribution in [2.45, 2.75) is 18.8 Å². The lowest BCUT2D eigenvalue weighted by Crippen LogP contribution is -2.03. The molecular formula is C13H12F2N4. The predicted molar refractivity (Wildman–Crippen MR) is 68.1 cm³/mol. The molecule has 3 rings (SSSR count). The average Bonchev–Trinajstić information content (AvgIpc) is 3.09. The molecule has 0 unspecified atom stereocenters. The molecule has 0 bridgehead atoms. The highest BCUT2D eigenvalue weighted by Crippen LogP contribution is 2.38. The Morgan fingerprint density at radius 3 is 2.37 bits per heavy atom. The fourth-order valence-electron chi connectivity index (χ4n) is 1.85. The van der Waals surface area contributed by atoms with E-state index in [2.05, 4.69) is 15.3 Å². The van der Waals surface area contributed by atoms with E-state index in [4.69, 9.17) is 5.73 Å². The maximum absolute atomic E-state index is 13.1. The second-order valence-electron chi connectivity index (χ2n) is 4.59. The molecule has 1 aromatic carbocycles. The number of aromatic nitrogens is 2. The van der Waals surface area contributed by atoms with Gasteiger partial charge in [-0.3, -0.25) is 0 Å². The van der Waals surface area contributed by atoms with Crippen LogP contribution in [0.3, 0.4) is 0 Å². The van der Waals surface area contributed by atoms with E-state index in [1.54, 1.807) is 0 Å². The maximum atomic E-state index is 13.1. The van der Waals surface area contributed by atoms with E-state index in [-0.39, 0.29) is 5.69 Å². The molecule has 1 saturated carbocycles. The lowest BCUT2D eigenvalue weighted by atomic mass is 10.3. The molecule has 1 aliphatic rings. The summed E-state index contributed by atoms with van der Waals surface area (Å²) in [5.41, 5.74) is 5.99. The van der Waals surface area contributed by atoms with E-state index >= 15 is 0 Å². The van der Waals surface area contributed by atoms with Crippen LogP contribution in [0.4, 0.5) is 26.1 Å². The smallest absolute Gasteiger partial charge is 0.136 e. The first kappa shape index (κ1) is 11.8. The summed E-state index contributed by atoms with van der Waals surface area (Å²) in [7, 11) is 0. The largest absolute Gasteiger partial charge is 0.384 e. The molecule has 1 aromatic heterocycles. The van der Waals surface area contributed by atoms with Crippen LogP contribution in [0, 0.1) is 11.6 Å². The monoisotopic (exact) mass is 262 g/mol. The minimum Gasteiger partial charge on any atom is -0.384 e. The minimum absolute atomic E-state index is 0.289. The molecule has 0 aliphatic heterocycles. The summed E-state index contributed by atoms with van der Waals surface area (Å²) in [5, 5.41) is 2.84. The fraction of sp³-hybridized carbons (Fsp3) is 0.231. The Bertz CT molecular complexity index is 606. The third kappa shape index (κ3) is 2.78. The average molecular weight is 262 g/mol. The molecular weight excluding hydrogens is 250 g/mol. The zero-order chi connectivity index (χ0) is 13.4. The number of nitrogens with one attached hydrogen (secondary N) is 1. The quantitative estimate of drug-likeness (QED) is 0.892. The van der Waals surface area contributed by atoms with Gasteiger partial charge in [-0.2, -0.15) is 0 Å². The minimum atomic E-state index is -0.646. The normalized spacial score (nSPS) is 14.4. The third-order valence-corrected chi connectivity index (χ3v) is 2.84. The summed E-state index contributed by atoms with van der Waals surface area (Å²) >= 11 is 0. The predicted octanol–water partition coefficient (Wildman–Crippen LogP) is 2.96. The number of rotatable bonds is 3. The molecule has 98 valence electrons. The van der Waals surface area contributed by atoms with E-state index in [1.807, 2.05) is 0 Å². The number of halogens is 2. The van der Waals surface area contributed by atoms with Crippen LogP contribution >= 0.6 is 0 Å². The van der Waals surface area contributed by atoms with Crippen molar-refractivity contribution in [1.29, 1.82) is 0 Å². The number of nitrogen functional groups attached to an aromatic ring is 1. The van der Waals surface area contributed by atoms with Gasteiger partial charge >= 0.3 is 0 Å². The van der Waals surface area contributed by atoms with Gasteiger partial charge in [0.1, 0.15) is 29.1 Å². The van der Waals surface area contributed by atoms with Crippen molar-refractivity contribution >= 4 is 17.3 Å². The highest BCUT2D eigenvalue weighted by atomic mass is 19.1. The second-order valence-corrected chi connectivity index (χ2v) is 4.59. The first-order valence-corrected chi connectivity index (χ1v) is 5.98. The molecule has 0 radical (unpaired) electrons. The van der Waals surface area contributed by atoms with E-state index in [1.165, 1.54) is 18.2 Å². The number of benzene rings is 1. The summed E-state index contributed by atoms with van der Waals surface area (Å²) in [6, 6.07) is 4.74. The van der Waals surface area contributed by atoms with E-state index in [0.29, 0.717) is 23.4 Å². The summed E-state index contributed by atoms with van der Waals surface area (Å²) in [4.78, 5) is 8.45. The van der Waals surface area contributed by atoms with Gasteiger partial charge in [-0.25, -0.2) is 18.7 Å². The Labute approximate surface area is 108 Å².